The van der Waals surface area contributed by atoms with Gasteiger partial charge in [0.05, 0.1) is 23.6 Å². The molecule has 2 atom stereocenters. The van der Waals surface area contributed by atoms with Gasteiger partial charge in [0.15, 0.2) is 0 Å². The highest BCUT2D eigenvalue weighted by molar-refractivity contribution is 7.18. The van der Waals surface area contributed by atoms with Crippen molar-refractivity contribution in [3.05, 3.63) is 16.0 Å². The number of piperidine rings is 1. The molecular weight excluding hydrogens is 390 g/mol. The van der Waals surface area contributed by atoms with Crippen LogP contribution in [0.2, 0.25) is 0 Å². The van der Waals surface area contributed by atoms with Crippen LogP contribution < -0.4 is 10.6 Å². The number of esters is 1. The number of carbonyl (C=O) groups excluding carboxylic acids is 3. The number of likely N-dealkylation sites (tertiary alicyclic amines) is 1. The van der Waals surface area contributed by atoms with Crippen LogP contribution in [0.3, 0.4) is 0 Å². The topological polar surface area (TPSA) is 87.7 Å². The van der Waals surface area contributed by atoms with Crippen LogP contribution in [0.25, 0.3) is 0 Å². The summed E-state index contributed by atoms with van der Waals surface area (Å²) in [5.41, 5.74) is 0.811. The summed E-state index contributed by atoms with van der Waals surface area (Å²) >= 11 is 1.12. The zero-order valence-corrected chi connectivity index (χ0v) is 18.3. The lowest BCUT2D eigenvalue weighted by atomic mass is 9.78. The molecule has 160 valence electrons. The zero-order valence-electron chi connectivity index (χ0n) is 17.5. The minimum atomic E-state index is -0.517. The number of nitrogens with one attached hydrogen (secondary N) is 2. The Morgan fingerprint density at radius 1 is 1.17 bits per heavy atom. The minimum absolute atomic E-state index is 0.147. The number of nitrogens with zero attached hydrogens (tertiary/aromatic N) is 1. The number of rotatable bonds is 6. The van der Waals surface area contributed by atoms with Crippen molar-refractivity contribution in [2.24, 2.45) is 5.92 Å². The van der Waals surface area contributed by atoms with Crippen LogP contribution in [-0.2, 0) is 9.53 Å². The van der Waals surface area contributed by atoms with Crippen molar-refractivity contribution in [3.8, 4) is 0 Å². The minimum Gasteiger partial charge on any atom is -0.462 e. The van der Waals surface area contributed by atoms with Crippen LogP contribution in [0.5, 0.6) is 0 Å². The molecule has 29 heavy (non-hydrogen) atoms. The van der Waals surface area contributed by atoms with Crippen LogP contribution in [0.1, 0.15) is 71.0 Å². The van der Waals surface area contributed by atoms with E-state index in [0.29, 0.717) is 33.9 Å². The van der Waals surface area contributed by atoms with Crippen molar-refractivity contribution in [2.75, 3.05) is 32.1 Å². The molecular formula is C21H31N3O4S. The van der Waals surface area contributed by atoms with Crippen molar-refractivity contribution < 1.29 is 19.1 Å². The third kappa shape index (κ3) is 4.80. The number of hydrogen-bond donors (Lipinski definition) is 2. The Balaban J connectivity index is 1.76. The molecule has 2 aliphatic rings. The highest BCUT2D eigenvalue weighted by Gasteiger charge is 2.34. The highest BCUT2D eigenvalue weighted by Crippen LogP contribution is 2.36. The van der Waals surface area contributed by atoms with Crippen LogP contribution in [-0.4, -0.2) is 55.5 Å². The lowest BCUT2D eigenvalue weighted by molar-refractivity contribution is -0.118. The molecule has 2 heterocycles. The number of carbonyl (C=O) groups is 3. The van der Waals surface area contributed by atoms with Crippen LogP contribution >= 0.6 is 11.3 Å². The number of hydrogen-bond acceptors (Lipinski definition) is 6. The lowest BCUT2D eigenvalue weighted by Gasteiger charge is -2.43. The molecule has 1 aromatic rings. The fourth-order valence-corrected chi connectivity index (χ4v) is 5.81. The summed E-state index contributed by atoms with van der Waals surface area (Å²) in [6, 6.07) is 0.485. The smallest absolute Gasteiger partial charge is 0.341 e. The van der Waals surface area contributed by atoms with Gasteiger partial charge in [-0.1, -0.05) is 12.8 Å². The van der Waals surface area contributed by atoms with Crippen molar-refractivity contribution in [2.45, 2.75) is 58.4 Å². The summed E-state index contributed by atoms with van der Waals surface area (Å²) in [7, 11) is 1.54. The molecule has 2 amide bonds. The second kappa shape index (κ2) is 9.71. The fourth-order valence-electron chi connectivity index (χ4n) is 4.66. The summed E-state index contributed by atoms with van der Waals surface area (Å²) in [5, 5.41) is 5.86. The summed E-state index contributed by atoms with van der Waals surface area (Å²) in [4.78, 5) is 40.2. The maximum Gasteiger partial charge on any atom is 0.341 e. The Kier molecular flexibility index (Phi) is 7.29. The SMILES string of the molecule is CCOC(=O)c1c(NC(=O)CN2CCC[C@H]3CCCC[C@@H]32)sc(C(=O)NC)c1C. The average Bonchev–Trinajstić information content (AvgIpc) is 3.03. The lowest BCUT2D eigenvalue weighted by Crippen LogP contribution is -2.49. The van der Waals surface area contributed by atoms with Crippen LogP contribution in [0, 0.1) is 12.8 Å². The highest BCUT2D eigenvalue weighted by atomic mass is 32.1. The largest absolute Gasteiger partial charge is 0.462 e. The Labute approximate surface area is 176 Å². The Morgan fingerprint density at radius 2 is 1.90 bits per heavy atom. The average molecular weight is 422 g/mol. The number of anilines is 1. The molecule has 1 saturated heterocycles. The first kappa shape index (κ1) is 21.8. The molecule has 2 fully saturated rings. The molecule has 7 nitrogen and oxygen atoms in total. The van der Waals surface area contributed by atoms with E-state index >= 15 is 0 Å². The first-order chi connectivity index (χ1) is 14.0. The molecule has 1 aliphatic carbocycles. The summed E-state index contributed by atoms with van der Waals surface area (Å²) in [6.07, 6.45) is 7.32. The van der Waals surface area contributed by atoms with Gasteiger partial charge in [-0.15, -0.1) is 11.3 Å². The quantitative estimate of drug-likeness (QED) is 0.689. The van der Waals surface area contributed by atoms with Gasteiger partial charge in [-0.3, -0.25) is 14.5 Å². The van der Waals surface area contributed by atoms with Crippen LogP contribution in [0.15, 0.2) is 0 Å². The first-order valence-electron chi connectivity index (χ1n) is 10.5. The molecule has 2 N–H and O–H groups in total. The van der Waals surface area contributed by atoms with Gasteiger partial charge in [0.25, 0.3) is 5.91 Å². The molecule has 0 radical (unpaired) electrons. The molecule has 8 heteroatoms. The number of thiophene rings is 1. The molecule has 0 bridgehead atoms. The first-order valence-corrected chi connectivity index (χ1v) is 11.3. The number of ether oxygens (including phenoxy) is 1. The van der Waals surface area contributed by atoms with Gasteiger partial charge < -0.3 is 15.4 Å². The van der Waals surface area contributed by atoms with Crippen molar-refractivity contribution in [1.29, 1.82) is 0 Å². The predicted molar refractivity (Wildman–Crippen MR) is 114 cm³/mol. The Hall–Kier alpha value is -1.93. The van der Waals surface area contributed by atoms with Gasteiger partial charge in [-0.2, -0.15) is 0 Å². The van der Waals surface area contributed by atoms with Crippen molar-refractivity contribution in [3.63, 3.8) is 0 Å². The van der Waals surface area contributed by atoms with E-state index in [4.69, 9.17) is 4.74 Å². The van der Waals surface area contributed by atoms with Crippen molar-refractivity contribution >= 4 is 34.1 Å². The number of amides is 2. The zero-order chi connectivity index (χ0) is 21.0. The van der Waals surface area contributed by atoms with E-state index in [1.54, 1.807) is 20.9 Å². The van der Waals surface area contributed by atoms with E-state index in [2.05, 4.69) is 15.5 Å². The Morgan fingerprint density at radius 3 is 2.62 bits per heavy atom. The molecule has 1 aromatic heterocycles. The summed E-state index contributed by atoms with van der Waals surface area (Å²) in [5.74, 6) is -0.243. The fraction of sp³-hybridized carbons (Fsp3) is 0.667. The summed E-state index contributed by atoms with van der Waals surface area (Å²) in [6.45, 7) is 4.92. The maximum absolute atomic E-state index is 12.8. The van der Waals surface area contributed by atoms with E-state index in [9.17, 15) is 14.4 Å². The standard InChI is InChI=1S/C21H31N3O4S/c1-4-28-21(27)17-13(2)18(19(26)22-3)29-20(17)23-16(25)12-24-11-7-9-14-8-5-6-10-15(14)24/h14-15H,4-12H2,1-3H3,(H,22,26)(H,23,25)/t14-,15+/m1/s1. The molecule has 0 unspecified atom stereocenters. The molecule has 0 spiro atoms. The maximum atomic E-state index is 12.8. The summed E-state index contributed by atoms with van der Waals surface area (Å²) < 4.78 is 5.15. The van der Waals surface area contributed by atoms with E-state index in [1.165, 1.54) is 25.7 Å². The predicted octanol–water partition coefficient (Wildman–Crippen LogP) is 3.19. The van der Waals surface area contributed by atoms with Gasteiger partial charge in [0, 0.05) is 13.1 Å². The van der Waals surface area contributed by atoms with E-state index in [0.717, 1.165) is 30.7 Å². The third-order valence-corrected chi connectivity index (χ3v) is 7.22. The van der Waals surface area contributed by atoms with Crippen LogP contribution in [0.4, 0.5) is 5.00 Å². The van der Waals surface area contributed by atoms with E-state index in [1.807, 2.05) is 0 Å². The van der Waals surface area contributed by atoms with Gasteiger partial charge in [0.2, 0.25) is 5.91 Å². The van der Waals surface area contributed by atoms with E-state index in [-0.39, 0.29) is 24.0 Å². The normalized spacial score (nSPS) is 21.9. The van der Waals surface area contributed by atoms with E-state index < -0.39 is 5.97 Å². The van der Waals surface area contributed by atoms with Gasteiger partial charge in [-0.05, 0) is 57.6 Å². The van der Waals surface area contributed by atoms with Crippen molar-refractivity contribution in [1.82, 2.24) is 10.2 Å². The molecule has 0 aromatic carbocycles. The second-order valence-corrected chi connectivity index (χ2v) is 8.85. The monoisotopic (exact) mass is 421 g/mol. The second-order valence-electron chi connectivity index (χ2n) is 7.83. The number of fused-ring (bicyclic) bond motifs is 1. The molecule has 1 saturated carbocycles. The van der Waals surface area contributed by atoms with Gasteiger partial charge >= 0.3 is 5.97 Å². The van der Waals surface area contributed by atoms with Gasteiger partial charge in [0.1, 0.15) is 5.00 Å². The Bertz CT molecular complexity index is 774. The molecule has 3 rings (SSSR count). The van der Waals surface area contributed by atoms with Gasteiger partial charge in [-0.25, -0.2) is 4.79 Å². The third-order valence-electron chi connectivity index (χ3n) is 6.02. The molecule has 1 aliphatic heterocycles.